The maximum atomic E-state index is 12.4. The molecule has 7 nitrogen and oxygen atoms in total. The second kappa shape index (κ2) is 7.83. The van der Waals surface area contributed by atoms with Crippen LogP contribution in [0.1, 0.15) is 23.0 Å². The number of rotatable bonds is 5. The minimum atomic E-state index is -0.191. The fourth-order valence-electron chi connectivity index (χ4n) is 2.61. The summed E-state index contributed by atoms with van der Waals surface area (Å²) in [6.07, 6.45) is 5.89. The van der Waals surface area contributed by atoms with E-state index in [2.05, 4.69) is 20.3 Å². The van der Waals surface area contributed by atoms with Crippen molar-refractivity contribution in [3.05, 3.63) is 48.0 Å². The first-order valence-corrected chi connectivity index (χ1v) is 8.08. The molecule has 0 aromatic carbocycles. The lowest BCUT2D eigenvalue weighted by Gasteiger charge is -2.26. The SMILES string of the molecule is CC(Cc1cccnc1)NC(=O)c1ccnc(N2CCOCC2)n1. The third kappa shape index (κ3) is 4.26. The summed E-state index contributed by atoms with van der Waals surface area (Å²) in [5, 5.41) is 2.97. The Hall–Kier alpha value is -2.54. The lowest BCUT2D eigenvalue weighted by molar-refractivity contribution is 0.0934. The largest absolute Gasteiger partial charge is 0.378 e. The van der Waals surface area contributed by atoms with Crippen LogP contribution in [0.15, 0.2) is 36.8 Å². The molecule has 0 saturated carbocycles. The van der Waals surface area contributed by atoms with Crippen LogP contribution in [0, 0.1) is 0 Å². The van der Waals surface area contributed by atoms with Gasteiger partial charge in [-0.3, -0.25) is 9.78 Å². The van der Waals surface area contributed by atoms with Crippen LogP contribution in [-0.2, 0) is 11.2 Å². The summed E-state index contributed by atoms with van der Waals surface area (Å²) >= 11 is 0. The smallest absolute Gasteiger partial charge is 0.270 e. The molecule has 0 bridgehead atoms. The minimum Gasteiger partial charge on any atom is -0.378 e. The van der Waals surface area contributed by atoms with Gasteiger partial charge in [-0.25, -0.2) is 9.97 Å². The number of anilines is 1. The zero-order valence-electron chi connectivity index (χ0n) is 13.7. The third-order valence-corrected chi connectivity index (χ3v) is 3.81. The van der Waals surface area contributed by atoms with Crippen LogP contribution >= 0.6 is 0 Å². The van der Waals surface area contributed by atoms with Gasteiger partial charge in [0.1, 0.15) is 5.69 Å². The fraction of sp³-hybridized carbons (Fsp3) is 0.412. The Morgan fingerprint density at radius 1 is 1.33 bits per heavy atom. The molecule has 0 aliphatic carbocycles. The molecule has 1 unspecified atom stereocenters. The molecular weight excluding hydrogens is 306 g/mol. The van der Waals surface area contributed by atoms with Crippen molar-refractivity contribution in [2.45, 2.75) is 19.4 Å². The second-order valence-electron chi connectivity index (χ2n) is 5.78. The summed E-state index contributed by atoms with van der Waals surface area (Å²) in [4.78, 5) is 27.2. The highest BCUT2D eigenvalue weighted by Crippen LogP contribution is 2.10. The Kier molecular flexibility index (Phi) is 5.32. The molecule has 3 heterocycles. The molecule has 3 rings (SSSR count). The quantitative estimate of drug-likeness (QED) is 0.885. The Morgan fingerprint density at radius 3 is 2.92 bits per heavy atom. The van der Waals surface area contributed by atoms with Crippen LogP contribution in [0.25, 0.3) is 0 Å². The number of aromatic nitrogens is 3. The number of hydrogen-bond acceptors (Lipinski definition) is 6. The predicted molar refractivity (Wildman–Crippen MR) is 89.9 cm³/mol. The number of carbonyl (C=O) groups is 1. The predicted octanol–water partition coefficient (Wildman–Crippen LogP) is 1.07. The highest BCUT2D eigenvalue weighted by molar-refractivity contribution is 5.92. The number of amides is 1. The Bertz CT molecular complexity index is 674. The highest BCUT2D eigenvalue weighted by Gasteiger charge is 2.17. The topological polar surface area (TPSA) is 80.2 Å². The van der Waals surface area contributed by atoms with Gasteiger partial charge in [0.15, 0.2) is 0 Å². The normalized spacial score (nSPS) is 15.8. The van der Waals surface area contributed by atoms with Gasteiger partial charge in [0.05, 0.1) is 13.2 Å². The van der Waals surface area contributed by atoms with E-state index in [0.717, 1.165) is 25.1 Å². The number of carbonyl (C=O) groups excluding carboxylic acids is 1. The summed E-state index contributed by atoms with van der Waals surface area (Å²) in [6.45, 7) is 4.75. The van der Waals surface area contributed by atoms with E-state index in [1.54, 1.807) is 18.5 Å². The molecule has 7 heteroatoms. The van der Waals surface area contributed by atoms with Gasteiger partial charge < -0.3 is 15.0 Å². The third-order valence-electron chi connectivity index (χ3n) is 3.81. The number of morpholine rings is 1. The molecule has 126 valence electrons. The van der Waals surface area contributed by atoms with Crippen LogP contribution in [0.2, 0.25) is 0 Å². The van der Waals surface area contributed by atoms with Gasteiger partial charge in [-0.05, 0) is 31.0 Å². The lowest BCUT2D eigenvalue weighted by atomic mass is 10.1. The number of pyridine rings is 1. The summed E-state index contributed by atoms with van der Waals surface area (Å²) in [6, 6.07) is 5.51. The van der Waals surface area contributed by atoms with Crippen molar-refractivity contribution in [3.8, 4) is 0 Å². The van der Waals surface area contributed by atoms with Crippen LogP contribution in [-0.4, -0.2) is 53.2 Å². The van der Waals surface area contributed by atoms with E-state index < -0.39 is 0 Å². The van der Waals surface area contributed by atoms with Crippen LogP contribution < -0.4 is 10.2 Å². The van der Waals surface area contributed by atoms with Gasteiger partial charge in [-0.2, -0.15) is 0 Å². The highest BCUT2D eigenvalue weighted by atomic mass is 16.5. The average molecular weight is 327 g/mol. The summed E-state index contributed by atoms with van der Waals surface area (Å²) in [5.74, 6) is 0.383. The van der Waals surface area contributed by atoms with Crippen LogP contribution in [0.4, 0.5) is 5.95 Å². The van der Waals surface area contributed by atoms with Gasteiger partial charge in [0.25, 0.3) is 5.91 Å². The standard InChI is InChI=1S/C17H21N5O2/c1-13(11-14-3-2-5-18-12-14)20-16(23)15-4-6-19-17(21-15)22-7-9-24-10-8-22/h2-6,12-13H,7-11H2,1H3,(H,20,23). The van der Waals surface area contributed by atoms with Crippen molar-refractivity contribution >= 4 is 11.9 Å². The van der Waals surface area contributed by atoms with E-state index in [0.29, 0.717) is 24.9 Å². The van der Waals surface area contributed by atoms with E-state index in [-0.39, 0.29) is 11.9 Å². The molecule has 0 radical (unpaired) electrons. The van der Waals surface area contributed by atoms with E-state index in [1.807, 2.05) is 30.2 Å². The molecule has 1 atom stereocenters. The van der Waals surface area contributed by atoms with Crippen molar-refractivity contribution in [2.24, 2.45) is 0 Å². The number of nitrogens with zero attached hydrogens (tertiary/aromatic N) is 4. The Labute approximate surface area is 141 Å². The lowest BCUT2D eigenvalue weighted by Crippen LogP contribution is -2.38. The average Bonchev–Trinajstić information content (AvgIpc) is 2.63. The second-order valence-corrected chi connectivity index (χ2v) is 5.78. The van der Waals surface area contributed by atoms with Crippen molar-refractivity contribution < 1.29 is 9.53 Å². The van der Waals surface area contributed by atoms with E-state index in [9.17, 15) is 4.79 Å². The molecule has 1 aliphatic rings. The summed E-state index contributed by atoms with van der Waals surface area (Å²) < 4.78 is 5.33. The monoisotopic (exact) mass is 327 g/mol. The molecule has 1 N–H and O–H groups in total. The fourth-order valence-corrected chi connectivity index (χ4v) is 2.61. The molecule has 1 saturated heterocycles. The first kappa shape index (κ1) is 16.3. The Balaban J connectivity index is 1.62. The maximum Gasteiger partial charge on any atom is 0.270 e. The first-order valence-electron chi connectivity index (χ1n) is 8.08. The van der Waals surface area contributed by atoms with Gasteiger partial charge in [-0.15, -0.1) is 0 Å². The van der Waals surface area contributed by atoms with Crippen LogP contribution in [0.5, 0.6) is 0 Å². The minimum absolute atomic E-state index is 0.0106. The number of nitrogens with one attached hydrogen (secondary N) is 1. The summed E-state index contributed by atoms with van der Waals surface area (Å²) in [5.41, 5.74) is 1.46. The van der Waals surface area contributed by atoms with Gasteiger partial charge in [0, 0.05) is 37.7 Å². The van der Waals surface area contributed by atoms with Gasteiger partial charge >= 0.3 is 0 Å². The number of ether oxygens (including phenoxy) is 1. The maximum absolute atomic E-state index is 12.4. The summed E-state index contributed by atoms with van der Waals surface area (Å²) in [7, 11) is 0. The first-order chi connectivity index (χ1) is 11.7. The zero-order chi connectivity index (χ0) is 16.8. The molecule has 1 fully saturated rings. The van der Waals surface area contributed by atoms with E-state index in [1.165, 1.54) is 0 Å². The molecule has 0 spiro atoms. The number of hydrogen-bond donors (Lipinski definition) is 1. The van der Waals surface area contributed by atoms with Crippen molar-refractivity contribution in [1.29, 1.82) is 0 Å². The molecule has 1 aliphatic heterocycles. The molecular formula is C17H21N5O2. The molecule has 24 heavy (non-hydrogen) atoms. The van der Waals surface area contributed by atoms with Gasteiger partial charge in [-0.1, -0.05) is 6.07 Å². The molecule has 2 aromatic heterocycles. The van der Waals surface area contributed by atoms with E-state index >= 15 is 0 Å². The molecule has 1 amide bonds. The zero-order valence-corrected chi connectivity index (χ0v) is 13.7. The Morgan fingerprint density at radius 2 is 2.17 bits per heavy atom. The molecule has 2 aromatic rings. The van der Waals surface area contributed by atoms with Crippen molar-refractivity contribution in [2.75, 3.05) is 31.2 Å². The van der Waals surface area contributed by atoms with Gasteiger partial charge in [0.2, 0.25) is 5.95 Å². The van der Waals surface area contributed by atoms with Crippen LogP contribution in [0.3, 0.4) is 0 Å². The van der Waals surface area contributed by atoms with Crippen molar-refractivity contribution in [1.82, 2.24) is 20.3 Å². The van der Waals surface area contributed by atoms with Crippen molar-refractivity contribution in [3.63, 3.8) is 0 Å². The van der Waals surface area contributed by atoms with E-state index in [4.69, 9.17) is 4.74 Å².